The number of carbonyl (C=O) groups excluding carboxylic acids is 1. The molecule has 0 aromatic heterocycles. The van der Waals surface area contributed by atoms with Crippen LogP contribution in [0.25, 0.3) is 0 Å². The maximum Gasteiger partial charge on any atom is 0.188 e. The van der Waals surface area contributed by atoms with Crippen LogP contribution in [0.4, 0.5) is 0 Å². The van der Waals surface area contributed by atoms with E-state index in [-0.39, 0.29) is 0 Å². The van der Waals surface area contributed by atoms with Gasteiger partial charge in [0.15, 0.2) is 5.12 Å². The minimum Gasteiger partial charge on any atom is -0.379 e. The molecule has 0 saturated carbocycles. The molecule has 0 aliphatic carbocycles. The number of carbonyl (C=O) groups is 1. The minimum absolute atomic E-state index is 0.293. The van der Waals surface area contributed by atoms with Crippen molar-refractivity contribution in [3.8, 4) is 0 Å². The maximum atomic E-state index is 11.5. The Kier molecular flexibility index (Phi) is 15.3. The van der Waals surface area contributed by atoms with E-state index in [2.05, 4.69) is 6.92 Å². The van der Waals surface area contributed by atoms with Crippen LogP contribution in [0, 0.1) is 0 Å². The van der Waals surface area contributed by atoms with Crippen LogP contribution in [0.3, 0.4) is 0 Å². The van der Waals surface area contributed by atoms with E-state index in [1.54, 1.807) is 0 Å². The Morgan fingerprint density at radius 2 is 1.80 bits per heavy atom. The Labute approximate surface area is 129 Å². The molecule has 120 valence electrons. The lowest BCUT2D eigenvalue weighted by Crippen LogP contribution is -2.17. The molecule has 20 heavy (non-hydrogen) atoms. The number of ether oxygens (including phenoxy) is 2. The lowest BCUT2D eigenvalue weighted by atomic mass is 10.1. The third-order valence-electron chi connectivity index (χ3n) is 3.13. The Bertz CT molecular complexity index is 222. The number of thioether (sulfide) groups is 1. The molecule has 0 radical (unpaired) electrons. The van der Waals surface area contributed by atoms with Gasteiger partial charge in [-0.05, 0) is 31.9 Å². The average molecular weight is 304 g/mol. The molecule has 0 rings (SSSR count). The van der Waals surface area contributed by atoms with Crippen molar-refractivity contribution < 1.29 is 14.3 Å². The monoisotopic (exact) mass is 304 g/mol. The fourth-order valence-corrected chi connectivity index (χ4v) is 2.67. The van der Waals surface area contributed by atoms with Gasteiger partial charge in [-0.1, -0.05) is 44.9 Å². The third-order valence-corrected chi connectivity index (χ3v) is 3.94. The van der Waals surface area contributed by atoms with Gasteiger partial charge < -0.3 is 9.47 Å². The summed E-state index contributed by atoms with van der Waals surface area (Å²) in [6, 6.07) is 0. The van der Waals surface area contributed by atoms with E-state index in [4.69, 9.17) is 9.47 Å². The summed E-state index contributed by atoms with van der Waals surface area (Å²) in [6.45, 7) is 8.31. The fraction of sp³-hybridized carbons (Fsp3) is 0.938. The summed E-state index contributed by atoms with van der Waals surface area (Å²) in [4.78, 5) is 11.5. The quantitative estimate of drug-likeness (QED) is 0.444. The van der Waals surface area contributed by atoms with Crippen LogP contribution in [0.1, 0.15) is 65.7 Å². The summed E-state index contributed by atoms with van der Waals surface area (Å²) in [5, 5.41) is 0.314. The van der Waals surface area contributed by atoms with Crippen LogP contribution in [-0.4, -0.2) is 36.8 Å². The first-order valence-electron chi connectivity index (χ1n) is 8.09. The van der Waals surface area contributed by atoms with Crippen LogP contribution in [-0.2, 0) is 14.3 Å². The Hall–Kier alpha value is -0.0600. The molecule has 1 unspecified atom stereocenters. The Morgan fingerprint density at radius 1 is 1.05 bits per heavy atom. The first-order valence-corrected chi connectivity index (χ1v) is 9.08. The fourth-order valence-electron chi connectivity index (χ4n) is 2.06. The van der Waals surface area contributed by atoms with Crippen LogP contribution >= 0.6 is 11.8 Å². The van der Waals surface area contributed by atoms with Crippen LogP contribution in [0.15, 0.2) is 0 Å². The third kappa shape index (κ3) is 12.9. The SMILES string of the molecule is CCCCCC(CCCC(=O)SCC)OCCOCC. The van der Waals surface area contributed by atoms with E-state index in [0.717, 1.165) is 31.6 Å². The molecule has 0 aliphatic heterocycles. The summed E-state index contributed by atoms with van der Waals surface area (Å²) in [7, 11) is 0. The zero-order valence-electron chi connectivity index (χ0n) is 13.5. The van der Waals surface area contributed by atoms with Crippen molar-refractivity contribution in [3.63, 3.8) is 0 Å². The van der Waals surface area contributed by atoms with Gasteiger partial charge in [-0.3, -0.25) is 4.79 Å². The van der Waals surface area contributed by atoms with E-state index < -0.39 is 0 Å². The largest absolute Gasteiger partial charge is 0.379 e. The van der Waals surface area contributed by atoms with Gasteiger partial charge in [-0.2, -0.15) is 0 Å². The molecule has 0 fully saturated rings. The highest BCUT2D eigenvalue weighted by Crippen LogP contribution is 2.15. The Balaban J connectivity index is 3.81. The van der Waals surface area contributed by atoms with Gasteiger partial charge >= 0.3 is 0 Å². The predicted molar refractivity (Wildman–Crippen MR) is 87.4 cm³/mol. The van der Waals surface area contributed by atoms with Crippen molar-refractivity contribution in [2.45, 2.75) is 71.8 Å². The Morgan fingerprint density at radius 3 is 2.45 bits per heavy atom. The van der Waals surface area contributed by atoms with Gasteiger partial charge in [0.25, 0.3) is 0 Å². The topological polar surface area (TPSA) is 35.5 Å². The van der Waals surface area contributed by atoms with Crippen LogP contribution in [0.2, 0.25) is 0 Å². The van der Waals surface area contributed by atoms with E-state index >= 15 is 0 Å². The van der Waals surface area contributed by atoms with Crippen molar-refractivity contribution in [3.05, 3.63) is 0 Å². The summed E-state index contributed by atoms with van der Waals surface area (Å²) >= 11 is 1.43. The van der Waals surface area contributed by atoms with Crippen molar-refractivity contribution in [1.29, 1.82) is 0 Å². The molecule has 0 spiro atoms. The minimum atomic E-state index is 0.293. The summed E-state index contributed by atoms with van der Waals surface area (Å²) in [5.41, 5.74) is 0. The van der Waals surface area contributed by atoms with Crippen molar-refractivity contribution in [2.75, 3.05) is 25.6 Å². The summed E-state index contributed by atoms with van der Waals surface area (Å²) in [5.74, 6) is 0.879. The highest BCUT2D eigenvalue weighted by atomic mass is 32.2. The van der Waals surface area contributed by atoms with Crippen molar-refractivity contribution >= 4 is 16.9 Å². The molecule has 0 amide bonds. The molecule has 0 bridgehead atoms. The number of hydrogen-bond donors (Lipinski definition) is 0. The number of hydrogen-bond acceptors (Lipinski definition) is 4. The molecule has 0 aromatic carbocycles. The summed E-state index contributed by atoms with van der Waals surface area (Å²) < 4.78 is 11.2. The molecule has 0 aliphatic rings. The van der Waals surface area contributed by atoms with E-state index in [1.165, 1.54) is 31.0 Å². The molecule has 1 atom stereocenters. The van der Waals surface area contributed by atoms with Gasteiger partial charge in [0.05, 0.1) is 19.3 Å². The number of unbranched alkanes of at least 4 members (excludes halogenated alkanes) is 2. The van der Waals surface area contributed by atoms with Crippen LogP contribution in [0.5, 0.6) is 0 Å². The maximum absolute atomic E-state index is 11.5. The first kappa shape index (κ1) is 19.9. The zero-order chi connectivity index (χ0) is 15.1. The predicted octanol–water partition coefficient (Wildman–Crippen LogP) is 4.44. The molecule has 0 N–H and O–H groups in total. The van der Waals surface area contributed by atoms with Gasteiger partial charge in [0.2, 0.25) is 0 Å². The highest BCUT2D eigenvalue weighted by molar-refractivity contribution is 8.13. The second-order valence-electron chi connectivity index (χ2n) is 4.88. The molecule has 4 heteroatoms. The zero-order valence-corrected chi connectivity index (χ0v) is 14.3. The standard InChI is InChI=1S/C16H32O3S/c1-4-7-8-10-15(19-14-13-18-5-2)11-9-12-16(17)20-6-3/h15H,4-14H2,1-3H3. The van der Waals surface area contributed by atoms with Gasteiger partial charge in [0, 0.05) is 13.0 Å². The first-order chi connectivity index (χ1) is 9.74. The van der Waals surface area contributed by atoms with Crippen LogP contribution < -0.4 is 0 Å². The van der Waals surface area contributed by atoms with E-state index in [9.17, 15) is 4.79 Å². The lowest BCUT2D eigenvalue weighted by molar-refractivity contribution is -0.111. The number of rotatable bonds is 14. The van der Waals surface area contributed by atoms with Gasteiger partial charge in [-0.25, -0.2) is 0 Å². The molecule has 0 saturated heterocycles. The molecular weight excluding hydrogens is 272 g/mol. The molecule has 0 heterocycles. The molecule has 0 aromatic rings. The van der Waals surface area contributed by atoms with E-state index in [0.29, 0.717) is 30.9 Å². The van der Waals surface area contributed by atoms with Gasteiger partial charge in [0.1, 0.15) is 0 Å². The second-order valence-corrected chi connectivity index (χ2v) is 6.20. The van der Waals surface area contributed by atoms with Crippen molar-refractivity contribution in [1.82, 2.24) is 0 Å². The smallest absolute Gasteiger partial charge is 0.188 e. The van der Waals surface area contributed by atoms with Crippen molar-refractivity contribution in [2.24, 2.45) is 0 Å². The molecule has 3 nitrogen and oxygen atoms in total. The lowest BCUT2D eigenvalue weighted by Gasteiger charge is -2.17. The molecular formula is C16H32O3S. The highest BCUT2D eigenvalue weighted by Gasteiger charge is 2.10. The van der Waals surface area contributed by atoms with E-state index in [1.807, 2.05) is 13.8 Å². The average Bonchev–Trinajstić information content (AvgIpc) is 2.43. The normalized spacial score (nSPS) is 12.6. The van der Waals surface area contributed by atoms with Gasteiger partial charge in [-0.15, -0.1) is 0 Å². The summed E-state index contributed by atoms with van der Waals surface area (Å²) in [6.07, 6.45) is 7.72. The second kappa shape index (κ2) is 15.3.